The van der Waals surface area contributed by atoms with Gasteiger partial charge in [0.25, 0.3) is 0 Å². The zero-order chi connectivity index (χ0) is 14.6. The number of hydrogen-bond donors (Lipinski definition) is 1. The molecular formula is C14H11FN2O2S. The fourth-order valence-electron chi connectivity index (χ4n) is 1.70. The molecule has 0 aromatic heterocycles. The Morgan fingerprint density at radius 2 is 1.85 bits per heavy atom. The summed E-state index contributed by atoms with van der Waals surface area (Å²) in [6, 6.07) is 13.7. The number of nitrogens with one attached hydrogen (secondary N) is 1. The van der Waals surface area contributed by atoms with Crippen LogP contribution in [0, 0.1) is 17.1 Å². The lowest BCUT2D eigenvalue weighted by atomic mass is 10.2. The molecule has 0 amide bonds. The number of hydrogen-bond acceptors (Lipinski definition) is 3. The monoisotopic (exact) mass is 290 g/mol. The lowest BCUT2D eigenvalue weighted by Gasteiger charge is -2.09. The van der Waals surface area contributed by atoms with Gasteiger partial charge in [0.05, 0.1) is 17.0 Å². The summed E-state index contributed by atoms with van der Waals surface area (Å²) in [5.74, 6) is -0.802. The number of rotatable bonds is 4. The molecule has 0 aliphatic rings. The average Bonchev–Trinajstić information content (AvgIpc) is 2.41. The highest BCUT2D eigenvalue weighted by Crippen LogP contribution is 2.18. The zero-order valence-electron chi connectivity index (χ0n) is 10.4. The number of benzene rings is 2. The summed E-state index contributed by atoms with van der Waals surface area (Å²) in [4.78, 5) is 0. The molecular weight excluding hydrogens is 279 g/mol. The van der Waals surface area contributed by atoms with Crippen molar-refractivity contribution in [3.8, 4) is 6.07 Å². The molecule has 0 bridgehead atoms. The first-order valence-electron chi connectivity index (χ1n) is 5.74. The Balaban J connectivity index is 2.23. The SMILES string of the molecule is N#Cc1cc(F)ccc1NS(=O)(=O)Cc1ccccc1. The fraction of sp³-hybridized carbons (Fsp3) is 0.0714. The van der Waals surface area contributed by atoms with Crippen LogP contribution in [-0.2, 0) is 15.8 Å². The van der Waals surface area contributed by atoms with E-state index in [-0.39, 0.29) is 17.0 Å². The Hall–Kier alpha value is -2.39. The van der Waals surface area contributed by atoms with Crippen molar-refractivity contribution in [3.63, 3.8) is 0 Å². The Morgan fingerprint density at radius 1 is 1.15 bits per heavy atom. The normalized spacial score (nSPS) is 10.8. The van der Waals surface area contributed by atoms with Crippen LogP contribution in [-0.4, -0.2) is 8.42 Å². The maximum absolute atomic E-state index is 13.0. The van der Waals surface area contributed by atoms with Crippen LogP contribution >= 0.6 is 0 Å². The predicted octanol–water partition coefficient (Wildman–Crippen LogP) is 2.64. The first-order valence-corrected chi connectivity index (χ1v) is 7.39. The van der Waals surface area contributed by atoms with Gasteiger partial charge in [-0.15, -0.1) is 0 Å². The molecule has 0 aliphatic heterocycles. The molecule has 0 saturated carbocycles. The Kier molecular flexibility index (Phi) is 4.01. The smallest absolute Gasteiger partial charge is 0.236 e. The fourth-order valence-corrected chi connectivity index (χ4v) is 2.91. The van der Waals surface area contributed by atoms with E-state index in [9.17, 15) is 12.8 Å². The summed E-state index contributed by atoms with van der Waals surface area (Å²) in [6.45, 7) is 0. The van der Waals surface area contributed by atoms with Gasteiger partial charge < -0.3 is 0 Å². The molecule has 0 fully saturated rings. The predicted molar refractivity (Wildman–Crippen MR) is 73.8 cm³/mol. The Bertz CT molecular complexity index is 752. The van der Waals surface area contributed by atoms with Crippen LogP contribution < -0.4 is 4.72 Å². The molecule has 2 aromatic rings. The van der Waals surface area contributed by atoms with Crippen LogP contribution in [0.25, 0.3) is 0 Å². The van der Waals surface area contributed by atoms with Gasteiger partial charge in [-0.3, -0.25) is 4.72 Å². The van der Waals surface area contributed by atoms with Crippen molar-refractivity contribution in [1.82, 2.24) is 0 Å². The maximum atomic E-state index is 13.0. The average molecular weight is 290 g/mol. The van der Waals surface area contributed by atoms with E-state index in [1.54, 1.807) is 36.4 Å². The summed E-state index contributed by atoms with van der Waals surface area (Å²) >= 11 is 0. The van der Waals surface area contributed by atoms with Gasteiger partial charge in [-0.2, -0.15) is 5.26 Å². The van der Waals surface area contributed by atoms with E-state index in [2.05, 4.69) is 4.72 Å². The second-order valence-corrected chi connectivity index (χ2v) is 5.87. The van der Waals surface area contributed by atoms with Crippen molar-refractivity contribution in [1.29, 1.82) is 5.26 Å². The van der Waals surface area contributed by atoms with Crippen molar-refractivity contribution in [3.05, 3.63) is 65.5 Å². The van der Waals surface area contributed by atoms with Gasteiger partial charge in [-0.25, -0.2) is 12.8 Å². The van der Waals surface area contributed by atoms with E-state index in [1.165, 1.54) is 6.07 Å². The van der Waals surface area contributed by atoms with Gasteiger partial charge in [0.2, 0.25) is 10.0 Å². The third-order valence-corrected chi connectivity index (χ3v) is 3.81. The number of nitrogens with zero attached hydrogens (tertiary/aromatic N) is 1. The van der Waals surface area contributed by atoms with Crippen LogP contribution in [0.5, 0.6) is 0 Å². The van der Waals surface area contributed by atoms with Crippen LogP contribution in [0.2, 0.25) is 0 Å². The second-order valence-electron chi connectivity index (χ2n) is 4.15. The molecule has 102 valence electrons. The zero-order valence-corrected chi connectivity index (χ0v) is 11.2. The molecule has 0 saturated heterocycles. The summed E-state index contributed by atoms with van der Waals surface area (Å²) in [7, 11) is -3.66. The van der Waals surface area contributed by atoms with Crippen molar-refractivity contribution in [2.24, 2.45) is 0 Å². The van der Waals surface area contributed by atoms with Crippen molar-refractivity contribution in [2.75, 3.05) is 4.72 Å². The summed E-state index contributed by atoms with van der Waals surface area (Å²) < 4.78 is 39.3. The molecule has 0 heterocycles. The number of nitriles is 1. The molecule has 6 heteroatoms. The minimum Gasteiger partial charge on any atom is -0.282 e. The highest BCUT2D eigenvalue weighted by molar-refractivity contribution is 7.91. The van der Waals surface area contributed by atoms with Crippen LogP contribution in [0.15, 0.2) is 48.5 Å². The lowest BCUT2D eigenvalue weighted by molar-refractivity contribution is 0.600. The molecule has 0 aliphatic carbocycles. The standard InChI is InChI=1S/C14H11FN2O2S/c15-13-6-7-14(12(8-13)9-16)17-20(18,19)10-11-4-2-1-3-5-11/h1-8,17H,10H2. The Morgan fingerprint density at radius 3 is 2.50 bits per heavy atom. The highest BCUT2D eigenvalue weighted by atomic mass is 32.2. The van der Waals surface area contributed by atoms with Gasteiger partial charge >= 0.3 is 0 Å². The minimum atomic E-state index is -3.66. The van der Waals surface area contributed by atoms with E-state index in [0.29, 0.717) is 5.56 Å². The maximum Gasteiger partial charge on any atom is 0.236 e. The molecule has 0 spiro atoms. The third-order valence-electron chi connectivity index (χ3n) is 2.57. The summed E-state index contributed by atoms with van der Waals surface area (Å²) in [5, 5.41) is 8.88. The molecule has 2 aromatic carbocycles. The van der Waals surface area contributed by atoms with Crippen molar-refractivity contribution >= 4 is 15.7 Å². The van der Waals surface area contributed by atoms with Gasteiger partial charge in [0.15, 0.2) is 0 Å². The third kappa shape index (κ3) is 3.56. The van der Waals surface area contributed by atoms with E-state index < -0.39 is 15.8 Å². The Labute approximate surface area is 116 Å². The summed E-state index contributed by atoms with van der Waals surface area (Å²) in [5.41, 5.74) is 0.645. The van der Waals surface area contributed by atoms with Crippen molar-refractivity contribution in [2.45, 2.75) is 5.75 Å². The summed E-state index contributed by atoms with van der Waals surface area (Å²) in [6.07, 6.45) is 0. The lowest BCUT2D eigenvalue weighted by Crippen LogP contribution is -2.15. The van der Waals surface area contributed by atoms with Gasteiger partial charge in [-0.1, -0.05) is 30.3 Å². The quantitative estimate of drug-likeness (QED) is 0.941. The van der Waals surface area contributed by atoms with E-state index in [4.69, 9.17) is 5.26 Å². The van der Waals surface area contributed by atoms with Gasteiger partial charge in [-0.05, 0) is 23.8 Å². The van der Waals surface area contributed by atoms with E-state index in [0.717, 1.165) is 12.1 Å². The topological polar surface area (TPSA) is 70.0 Å². The van der Waals surface area contributed by atoms with Gasteiger partial charge in [0, 0.05) is 0 Å². The largest absolute Gasteiger partial charge is 0.282 e. The van der Waals surface area contributed by atoms with Crippen LogP contribution in [0.3, 0.4) is 0 Å². The minimum absolute atomic E-state index is 0.0540. The van der Waals surface area contributed by atoms with Crippen LogP contribution in [0.1, 0.15) is 11.1 Å². The molecule has 20 heavy (non-hydrogen) atoms. The first-order chi connectivity index (χ1) is 9.50. The van der Waals surface area contributed by atoms with Crippen LogP contribution in [0.4, 0.5) is 10.1 Å². The van der Waals surface area contributed by atoms with E-state index >= 15 is 0 Å². The molecule has 2 rings (SSSR count). The number of anilines is 1. The molecule has 0 unspecified atom stereocenters. The van der Waals surface area contributed by atoms with E-state index in [1.807, 2.05) is 0 Å². The molecule has 4 nitrogen and oxygen atoms in total. The highest BCUT2D eigenvalue weighted by Gasteiger charge is 2.14. The molecule has 0 atom stereocenters. The molecule has 0 radical (unpaired) electrons. The van der Waals surface area contributed by atoms with Crippen molar-refractivity contribution < 1.29 is 12.8 Å². The van der Waals surface area contributed by atoms with Gasteiger partial charge in [0.1, 0.15) is 11.9 Å². The number of sulfonamides is 1. The number of halogens is 1. The molecule has 1 N–H and O–H groups in total. The first kappa shape index (κ1) is 14.0. The second kappa shape index (κ2) is 5.72.